The number of hydrogen-bond donors (Lipinski definition) is 1. The molecule has 7 heteroatoms. The van der Waals surface area contributed by atoms with Gasteiger partial charge in [-0.05, 0) is 25.8 Å². The Kier molecular flexibility index (Phi) is 4.48. The summed E-state index contributed by atoms with van der Waals surface area (Å²) < 4.78 is 23.2. The third-order valence-electron chi connectivity index (χ3n) is 4.18. The molecule has 1 aromatic carbocycles. The Bertz CT molecular complexity index is 856. The number of sulfone groups is 1. The summed E-state index contributed by atoms with van der Waals surface area (Å²) in [6.07, 6.45) is 0.717. The van der Waals surface area contributed by atoms with Crippen LogP contribution in [-0.4, -0.2) is 36.4 Å². The molecule has 5 nitrogen and oxygen atoms in total. The predicted octanol–water partition coefficient (Wildman–Crippen LogP) is 2.35. The standard InChI is InChI=1S/C17H20N2O3S2/c1-12-18-15(10-23-12)14-5-3-13(4-6-14)9-16(20)19-17(2)7-8-24(21,22)11-17/h3-6,10H,7-9,11H2,1-2H3,(H,19,20)/t17-/m0/s1. The number of amides is 1. The number of thiazole rings is 1. The molecular formula is C17H20N2O3S2. The zero-order chi connectivity index (χ0) is 17.4. The van der Waals surface area contributed by atoms with Gasteiger partial charge in [0.05, 0.1) is 34.2 Å². The predicted molar refractivity (Wildman–Crippen MR) is 95.8 cm³/mol. The van der Waals surface area contributed by atoms with Crippen LogP contribution in [0.25, 0.3) is 11.3 Å². The van der Waals surface area contributed by atoms with Gasteiger partial charge in [0.15, 0.2) is 9.84 Å². The Balaban J connectivity index is 1.63. The zero-order valence-corrected chi connectivity index (χ0v) is 15.3. The molecule has 0 saturated carbocycles. The van der Waals surface area contributed by atoms with Crippen molar-refractivity contribution in [2.24, 2.45) is 0 Å². The first kappa shape index (κ1) is 17.1. The van der Waals surface area contributed by atoms with Gasteiger partial charge in [0.2, 0.25) is 5.91 Å². The zero-order valence-electron chi connectivity index (χ0n) is 13.7. The quantitative estimate of drug-likeness (QED) is 0.903. The maximum absolute atomic E-state index is 12.2. The molecule has 1 saturated heterocycles. The Morgan fingerprint density at radius 2 is 2.04 bits per heavy atom. The fraction of sp³-hybridized carbons (Fsp3) is 0.412. The van der Waals surface area contributed by atoms with Crippen molar-refractivity contribution in [2.45, 2.75) is 32.2 Å². The van der Waals surface area contributed by atoms with Crippen LogP contribution in [0.4, 0.5) is 0 Å². The van der Waals surface area contributed by atoms with Gasteiger partial charge in [0.25, 0.3) is 0 Å². The lowest BCUT2D eigenvalue weighted by atomic mass is 10.0. The van der Waals surface area contributed by atoms with Crippen LogP contribution in [0, 0.1) is 6.92 Å². The van der Waals surface area contributed by atoms with Crippen LogP contribution < -0.4 is 5.32 Å². The number of nitrogens with one attached hydrogen (secondary N) is 1. The monoisotopic (exact) mass is 364 g/mol. The maximum Gasteiger partial charge on any atom is 0.224 e. The van der Waals surface area contributed by atoms with Crippen molar-refractivity contribution < 1.29 is 13.2 Å². The molecule has 0 aliphatic carbocycles. The van der Waals surface area contributed by atoms with E-state index in [0.29, 0.717) is 6.42 Å². The molecule has 1 N–H and O–H groups in total. The number of hydrogen-bond acceptors (Lipinski definition) is 5. The molecule has 3 rings (SSSR count). The van der Waals surface area contributed by atoms with Crippen LogP contribution in [0.3, 0.4) is 0 Å². The number of carbonyl (C=O) groups excluding carboxylic acids is 1. The van der Waals surface area contributed by atoms with Gasteiger partial charge in [-0.1, -0.05) is 24.3 Å². The number of rotatable bonds is 4. The number of carbonyl (C=O) groups is 1. The minimum atomic E-state index is -3.03. The minimum absolute atomic E-state index is 0.0217. The van der Waals surface area contributed by atoms with Crippen molar-refractivity contribution in [3.63, 3.8) is 0 Å². The van der Waals surface area contributed by atoms with Gasteiger partial charge >= 0.3 is 0 Å². The van der Waals surface area contributed by atoms with Crippen LogP contribution in [0.2, 0.25) is 0 Å². The first-order chi connectivity index (χ1) is 11.2. The van der Waals surface area contributed by atoms with E-state index in [2.05, 4.69) is 10.3 Å². The molecule has 128 valence electrons. The van der Waals surface area contributed by atoms with Crippen LogP contribution in [-0.2, 0) is 21.1 Å². The lowest BCUT2D eigenvalue weighted by Crippen LogP contribution is -2.47. The van der Waals surface area contributed by atoms with E-state index in [4.69, 9.17) is 0 Å². The summed E-state index contributed by atoms with van der Waals surface area (Å²) in [4.78, 5) is 16.7. The summed E-state index contributed by atoms with van der Waals surface area (Å²) in [6.45, 7) is 3.76. The average Bonchev–Trinajstić information content (AvgIpc) is 3.03. The van der Waals surface area contributed by atoms with E-state index in [1.807, 2.05) is 36.6 Å². The number of nitrogens with zero attached hydrogens (tertiary/aromatic N) is 1. The van der Waals surface area contributed by atoms with E-state index in [9.17, 15) is 13.2 Å². The SMILES string of the molecule is Cc1nc(-c2ccc(CC(=O)N[C@@]3(C)CCS(=O)(=O)C3)cc2)cs1. The van der Waals surface area contributed by atoms with Crippen molar-refractivity contribution in [2.75, 3.05) is 11.5 Å². The van der Waals surface area contributed by atoms with Crippen LogP contribution in [0.1, 0.15) is 23.9 Å². The number of benzene rings is 1. The van der Waals surface area contributed by atoms with Gasteiger partial charge in [0.1, 0.15) is 0 Å². The number of aromatic nitrogens is 1. The highest BCUT2D eigenvalue weighted by atomic mass is 32.2. The van der Waals surface area contributed by atoms with E-state index in [1.54, 1.807) is 18.3 Å². The summed E-state index contributed by atoms with van der Waals surface area (Å²) >= 11 is 1.61. The lowest BCUT2D eigenvalue weighted by molar-refractivity contribution is -0.121. The third kappa shape index (κ3) is 4.02. The molecule has 2 heterocycles. The normalized spacial score (nSPS) is 22.4. The molecule has 1 aliphatic rings. The molecule has 1 aliphatic heterocycles. The van der Waals surface area contributed by atoms with Crippen molar-refractivity contribution in [1.29, 1.82) is 0 Å². The Labute approximate surface area is 146 Å². The molecule has 2 aromatic rings. The summed E-state index contributed by atoms with van der Waals surface area (Å²) in [5.41, 5.74) is 2.22. The highest BCUT2D eigenvalue weighted by Gasteiger charge is 2.39. The van der Waals surface area contributed by atoms with Crippen molar-refractivity contribution in [3.05, 3.63) is 40.2 Å². The van der Waals surface area contributed by atoms with Gasteiger partial charge in [-0.15, -0.1) is 11.3 Å². The molecule has 1 atom stereocenters. The van der Waals surface area contributed by atoms with Gasteiger partial charge in [-0.3, -0.25) is 4.79 Å². The Morgan fingerprint density at radius 1 is 1.33 bits per heavy atom. The Hall–Kier alpha value is -1.73. The molecule has 0 bridgehead atoms. The highest BCUT2D eigenvalue weighted by Crippen LogP contribution is 2.24. The van der Waals surface area contributed by atoms with Crippen molar-refractivity contribution >= 4 is 27.1 Å². The molecule has 0 unspecified atom stereocenters. The second kappa shape index (κ2) is 6.29. The molecule has 0 radical (unpaired) electrons. The Morgan fingerprint density at radius 3 is 2.58 bits per heavy atom. The fourth-order valence-electron chi connectivity index (χ4n) is 2.96. The van der Waals surface area contributed by atoms with Gasteiger partial charge in [-0.25, -0.2) is 13.4 Å². The molecule has 1 aromatic heterocycles. The van der Waals surface area contributed by atoms with Crippen molar-refractivity contribution in [3.8, 4) is 11.3 Å². The summed E-state index contributed by atoms with van der Waals surface area (Å²) in [5.74, 6) is 0.0196. The van der Waals surface area contributed by atoms with E-state index in [1.165, 1.54) is 0 Å². The third-order valence-corrected chi connectivity index (χ3v) is 6.85. The summed E-state index contributed by atoms with van der Waals surface area (Å²) in [6, 6.07) is 7.74. The van der Waals surface area contributed by atoms with E-state index >= 15 is 0 Å². The second-order valence-corrected chi connectivity index (χ2v) is 9.82. The largest absolute Gasteiger partial charge is 0.350 e. The van der Waals surface area contributed by atoms with Crippen molar-refractivity contribution in [1.82, 2.24) is 10.3 Å². The fourth-order valence-corrected chi connectivity index (χ4v) is 5.68. The second-order valence-electron chi connectivity index (χ2n) is 6.58. The molecule has 1 fully saturated rings. The molecule has 24 heavy (non-hydrogen) atoms. The lowest BCUT2D eigenvalue weighted by Gasteiger charge is -2.23. The average molecular weight is 364 g/mol. The maximum atomic E-state index is 12.2. The molecule has 0 spiro atoms. The summed E-state index contributed by atoms with van der Waals surface area (Å²) in [5, 5.41) is 5.91. The van der Waals surface area contributed by atoms with Gasteiger partial charge in [-0.2, -0.15) is 0 Å². The van der Waals surface area contributed by atoms with E-state index < -0.39 is 15.4 Å². The topological polar surface area (TPSA) is 76.1 Å². The summed E-state index contributed by atoms with van der Waals surface area (Å²) in [7, 11) is -3.03. The highest BCUT2D eigenvalue weighted by molar-refractivity contribution is 7.91. The van der Waals surface area contributed by atoms with Crippen LogP contribution >= 0.6 is 11.3 Å². The smallest absolute Gasteiger partial charge is 0.224 e. The van der Waals surface area contributed by atoms with E-state index in [-0.39, 0.29) is 23.8 Å². The van der Waals surface area contributed by atoms with Gasteiger partial charge in [0, 0.05) is 10.9 Å². The molecular weight excluding hydrogens is 344 g/mol. The van der Waals surface area contributed by atoms with Crippen LogP contribution in [0.5, 0.6) is 0 Å². The first-order valence-corrected chi connectivity index (χ1v) is 10.5. The molecule has 1 amide bonds. The van der Waals surface area contributed by atoms with Gasteiger partial charge < -0.3 is 5.32 Å². The van der Waals surface area contributed by atoms with Crippen LogP contribution in [0.15, 0.2) is 29.6 Å². The first-order valence-electron chi connectivity index (χ1n) is 7.78. The van der Waals surface area contributed by atoms with E-state index in [0.717, 1.165) is 21.8 Å². The number of aryl methyl sites for hydroxylation is 1. The minimum Gasteiger partial charge on any atom is -0.350 e.